The minimum Gasteiger partial charge on any atom is -0.379 e. The second kappa shape index (κ2) is 6.79. The summed E-state index contributed by atoms with van der Waals surface area (Å²) in [4.78, 5) is 5.13. The quantitative estimate of drug-likeness (QED) is 0.855. The van der Waals surface area contributed by atoms with E-state index in [0.717, 1.165) is 51.5 Å². The number of anilines is 1. The highest BCUT2D eigenvalue weighted by atomic mass is 16.5. The van der Waals surface area contributed by atoms with Crippen LogP contribution >= 0.6 is 0 Å². The number of morpholine rings is 1. The van der Waals surface area contributed by atoms with Crippen LogP contribution in [0.1, 0.15) is 26.2 Å². The molecule has 0 aromatic carbocycles. The lowest BCUT2D eigenvalue weighted by Gasteiger charge is -2.26. The average Bonchev–Trinajstić information content (AvgIpc) is 3.21. The van der Waals surface area contributed by atoms with E-state index in [4.69, 9.17) is 4.74 Å². The van der Waals surface area contributed by atoms with Gasteiger partial charge in [0.05, 0.1) is 31.6 Å². The summed E-state index contributed by atoms with van der Waals surface area (Å²) in [5, 5.41) is 8.19. The van der Waals surface area contributed by atoms with Crippen molar-refractivity contribution >= 4 is 5.69 Å². The predicted octanol–water partition coefficient (Wildman–Crippen LogP) is 1.25. The van der Waals surface area contributed by atoms with Gasteiger partial charge in [0.1, 0.15) is 0 Å². The Bertz CT molecular complexity index is 509. The van der Waals surface area contributed by atoms with E-state index in [2.05, 4.69) is 38.0 Å². The van der Waals surface area contributed by atoms with E-state index in [1.54, 1.807) is 0 Å². The lowest BCUT2D eigenvalue weighted by atomic mass is 10.2. The van der Waals surface area contributed by atoms with Gasteiger partial charge in [-0.3, -0.25) is 14.5 Å². The van der Waals surface area contributed by atoms with Gasteiger partial charge in [0.2, 0.25) is 0 Å². The van der Waals surface area contributed by atoms with Crippen molar-refractivity contribution in [1.29, 1.82) is 0 Å². The van der Waals surface area contributed by atoms with Gasteiger partial charge < -0.3 is 10.1 Å². The van der Waals surface area contributed by atoms with Crippen molar-refractivity contribution in [1.82, 2.24) is 19.6 Å². The molecule has 23 heavy (non-hydrogen) atoms. The first-order chi connectivity index (χ1) is 11.3. The van der Waals surface area contributed by atoms with E-state index >= 15 is 0 Å². The highest BCUT2D eigenvalue weighted by molar-refractivity contribution is 5.40. The van der Waals surface area contributed by atoms with E-state index in [0.29, 0.717) is 6.04 Å². The molecule has 1 N–H and O–H groups in total. The normalized spacial score (nSPS) is 30.0. The van der Waals surface area contributed by atoms with Gasteiger partial charge in [-0.25, -0.2) is 0 Å². The van der Waals surface area contributed by atoms with Gasteiger partial charge in [0, 0.05) is 50.5 Å². The third-order valence-corrected chi connectivity index (χ3v) is 5.39. The Kier molecular flexibility index (Phi) is 4.55. The van der Waals surface area contributed by atoms with Crippen LogP contribution < -0.4 is 5.32 Å². The molecule has 1 aromatic rings. The molecule has 0 amide bonds. The van der Waals surface area contributed by atoms with Crippen molar-refractivity contribution < 1.29 is 4.74 Å². The van der Waals surface area contributed by atoms with Crippen molar-refractivity contribution in [3.63, 3.8) is 0 Å². The number of nitrogens with one attached hydrogen (secondary N) is 1. The molecule has 3 fully saturated rings. The van der Waals surface area contributed by atoms with E-state index in [9.17, 15) is 0 Å². The summed E-state index contributed by atoms with van der Waals surface area (Å²) < 4.78 is 7.45. The fourth-order valence-corrected chi connectivity index (χ4v) is 3.94. The third kappa shape index (κ3) is 3.87. The monoisotopic (exact) mass is 319 g/mol. The van der Waals surface area contributed by atoms with Crippen molar-refractivity contribution in [3.05, 3.63) is 12.4 Å². The summed E-state index contributed by atoms with van der Waals surface area (Å²) in [7, 11) is 0. The standard InChI is InChI=1S/C17H29N5O/c1-14-10-15(13-22(14)17-2-3-17)19-16-11-18-21(12-16)5-4-20-6-8-23-9-7-20/h11-12,14-15,17,19H,2-10,13H2,1H3/t14-,15-/m1/s1. The molecule has 2 saturated heterocycles. The van der Waals surface area contributed by atoms with Gasteiger partial charge in [0.25, 0.3) is 0 Å². The zero-order chi connectivity index (χ0) is 15.6. The van der Waals surface area contributed by atoms with Crippen LogP contribution in [0.15, 0.2) is 12.4 Å². The van der Waals surface area contributed by atoms with Crippen LogP contribution in [0.4, 0.5) is 5.69 Å². The largest absolute Gasteiger partial charge is 0.379 e. The number of hydrogen-bond acceptors (Lipinski definition) is 5. The van der Waals surface area contributed by atoms with E-state index in [1.165, 1.54) is 31.5 Å². The lowest BCUT2D eigenvalue weighted by molar-refractivity contribution is 0.0360. The number of hydrogen-bond donors (Lipinski definition) is 1. The maximum atomic E-state index is 5.39. The van der Waals surface area contributed by atoms with Crippen molar-refractivity contribution in [3.8, 4) is 0 Å². The fraction of sp³-hybridized carbons (Fsp3) is 0.824. The van der Waals surface area contributed by atoms with Gasteiger partial charge in [-0.15, -0.1) is 0 Å². The first kappa shape index (κ1) is 15.4. The summed E-state index contributed by atoms with van der Waals surface area (Å²) in [6.07, 6.45) is 8.18. The molecule has 0 radical (unpaired) electrons. The van der Waals surface area contributed by atoms with Crippen LogP contribution in [0.2, 0.25) is 0 Å². The van der Waals surface area contributed by atoms with Crippen molar-refractivity contribution in [2.45, 2.75) is 50.9 Å². The molecule has 4 rings (SSSR count). The van der Waals surface area contributed by atoms with E-state index < -0.39 is 0 Å². The summed E-state index contributed by atoms with van der Waals surface area (Å²) in [5.74, 6) is 0. The minimum atomic E-state index is 0.572. The molecule has 3 aliphatic rings. The molecule has 1 saturated carbocycles. The Balaban J connectivity index is 1.25. The molecule has 0 bridgehead atoms. The number of ether oxygens (including phenoxy) is 1. The fourth-order valence-electron chi connectivity index (χ4n) is 3.94. The molecule has 2 atom stereocenters. The molecule has 3 heterocycles. The first-order valence-electron chi connectivity index (χ1n) is 9.13. The number of nitrogens with zero attached hydrogens (tertiary/aromatic N) is 4. The number of aromatic nitrogens is 2. The maximum Gasteiger partial charge on any atom is 0.0729 e. The third-order valence-electron chi connectivity index (χ3n) is 5.39. The van der Waals surface area contributed by atoms with Gasteiger partial charge in [-0.1, -0.05) is 0 Å². The predicted molar refractivity (Wildman–Crippen MR) is 90.7 cm³/mol. The maximum absolute atomic E-state index is 5.39. The van der Waals surface area contributed by atoms with Crippen molar-refractivity contribution in [2.24, 2.45) is 0 Å². The molecule has 2 aliphatic heterocycles. The second-order valence-corrected chi connectivity index (χ2v) is 7.30. The smallest absolute Gasteiger partial charge is 0.0729 e. The summed E-state index contributed by atoms with van der Waals surface area (Å²) in [6.45, 7) is 9.38. The molecule has 0 unspecified atom stereocenters. The van der Waals surface area contributed by atoms with Crippen LogP contribution in [0.5, 0.6) is 0 Å². The van der Waals surface area contributed by atoms with Crippen LogP contribution in [0.25, 0.3) is 0 Å². The Morgan fingerprint density at radius 3 is 2.87 bits per heavy atom. The van der Waals surface area contributed by atoms with Gasteiger partial charge in [0.15, 0.2) is 0 Å². The SMILES string of the molecule is C[C@@H]1C[C@@H](Nc2cnn(CCN3CCOCC3)c2)CN1C1CC1. The topological polar surface area (TPSA) is 45.6 Å². The molecule has 1 aliphatic carbocycles. The van der Waals surface area contributed by atoms with Crippen LogP contribution in [-0.4, -0.2) is 77.1 Å². The lowest BCUT2D eigenvalue weighted by Crippen LogP contribution is -2.38. The minimum absolute atomic E-state index is 0.572. The van der Waals surface area contributed by atoms with Crippen LogP contribution in [-0.2, 0) is 11.3 Å². The molecule has 1 aromatic heterocycles. The summed E-state index contributed by atoms with van der Waals surface area (Å²) >= 11 is 0. The van der Waals surface area contributed by atoms with Gasteiger partial charge in [-0.2, -0.15) is 5.10 Å². The summed E-state index contributed by atoms with van der Waals surface area (Å²) in [6, 6.07) is 2.16. The highest BCUT2D eigenvalue weighted by Gasteiger charge is 2.38. The van der Waals surface area contributed by atoms with E-state index in [1.807, 2.05) is 6.20 Å². The zero-order valence-electron chi connectivity index (χ0n) is 14.2. The second-order valence-electron chi connectivity index (χ2n) is 7.30. The highest BCUT2D eigenvalue weighted by Crippen LogP contribution is 2.34. The van der Waals surface area contributed by atoms with Crippen LogP contribution in [0.3, 0.4) is 0 Å². The number of likely N-dealkylation sites (tertiary alicyclic amines) is 1. The molecule has 6 nitrogen and oxygen atoms in total. The Labute approximate surface area is 138 Å². The number of rotatable bonds is 6. The molecule has 6 heteroatoms. The van der Waals surface area contributed by atoms with Gasteiger partial charge in [-0.05, 0) is 26.2 Å². The Hall–Kier alpha value is -1.11. The summed E-state index contributed by atoms with van der Waals surface area (Å²) in [5.41, 5.74) is 1.17. The van der Waals surface area contributed by atoms with Crippen molar-refractivity contribution in [2.75, 3.05) is 44.7 Å². The Morgan fingerprint density at radius 2 is 2.09 bits per heavy atom. The first-order valence-corrected chi connectivity index (χ1v) is 9.13. The van der Waals surface area contributed by atoms with Crippen LogP contribution in [0, 0.1) is 0 Å². The molecule has 128 valence electrons. The zero-order valence-corrected chi connectivity index (χ0v) is 14.2. The van der Waals surface area contributed by atoms with E-state index in [-0.39, 0.29) is 0 Å². The Morgan fingerprint density at radius 1 is 1.26 bits per heavy atom. The molecule has 0 spiro atoms. The average molecular weight is 319 g/mol. The molecular weight excluding hydrogens is 290 g/mol. The van der Waals surface area contributed by atoms with Gasteiger partial charge >= 0.3 is 0 Å². The molecular formula is C17H29N5O.